The summed E-state index contributed by atoms with van der Waals surface area (Å²) in [4.78, 5) is 69.3. The highest BCUT2D eigenvalue weighted by atomic mass is 19.1. The SMILES string of the molecule is CC(C)(O)c1cc2nn([C@H]3CC[C@H](N4CCN(C(=O)C5CN(c6cc(F)c([C@H]7CCC(=O)NC7=O)c(F)c6)C5)CC4=O)CC3)cc2cc1NC(=O)c1ccc2cc(C#N)cnn12. The Hall–Kier alpha value is -6.74. The molecule has 3 aliphatic heterocycles. The summed E-state index contributed by atoms with van der Waals surface area (Å²) in [5.41, 5.74) is 1.39. The van der Waals surface area contributed by atoms with Gasteiger partial charge in [0, 0.05) is 72.7 Å². The van der Waals surface area contributed by atoms with Gasteiger partial charge in [-0.25, -0.2) is 13.3 Å². The van der Waals surface area contributed by atoms with E-state index in [-0.39, 0.29) is 73.3 Å². The first-order valence-corrected chi connectivity index (χ1v) is 20.8. The van der Waals surface area contributed by atoms with Gasteiger partial charge in [0.1, 0.15) is 23.4 Å². The second-order valence-corrected chi connectivity index (χ2v) is 17.2. The Morgan fingerprint density at radius 2 is 1.69 bits per heavy atom. The summed E-state index contributed by atoms with van der Waals surface area (Å²) in [6, 6.07) is 13.0. The summed E-state index contributed by atoms with van der Waals surface area (Å²) in [6.07, 6.45) is 6.37. The van der Waals surface area contributed by atoms with Crippen molar-refractivity contribution in [1.82, 2.24) is 34.5 Å². The number of nitriles is 1. The fourth-order valence-corrected chi connectivity index (χ4v) is 9.36. The summed E-state index contributed by atoms with van der Waals surface area (Å²) in [7, 11) is 0. The van der Waals surface area contributed by atoms with Crippen molar-refractivity contribution in [3.63, 3.8) is 0 Å². The number of piperidine rings is 1. The Bertz CT molecular complexity index is 2700. The fraction of sp³-hybridized carbons (Fsp3) is 0.409. The van der Waals surface area contributed by atoms with E-state index in [1.807, 2.05) is 21.8 Å². The number of piperazine rings is 1. The third-order valence-electron chi connectivity index (χ3n) is 12.7. The van der Waals surface area contributed by atoms with Gasteiger partial charge in [-0.15, -0.1) is 0 Å². The maximum absolute atomic E-state index is 15.1. The highest BCUT2D eigenvalue weighted by molar-refractivity contribution is 6.05. The molecule has 18 heteroatoms. The Morgan fingerprint density at radius 1 is 0.968 bits per heavy atom. The molecule has 4 fully saturated rings. The number of carbonyl (C=O) groups is 5. The van der Waals surface area contributed by atoms with Crippen molar-refractivity contribution < 1.29 is 37.9 Å². The van der Waals surface area contributed by atoms with Crippen LogP contribution >= 0.6 is 0 Å². The number of hydrogen-bond donors (Lipinski definition) is 3. The molecule has 1 atom stereocenters. The molecule has 5 aromatic rings. The van der Waals surface area contributed by atoms with Gasteiger partial charge in [0.2, 0.25) is 23.6 Å². The Labute approximate surface area is 354 Å². The molecule has 0 unspecified atom stereocenters. The number of aliphatic hydroxyl groups is 1. The number of amides is 5. The molecule has 1 aliphatic carbocycles. The van der Waals surface area contributed by atoms with E-state index in [9.17, 15) is 34.3 Å². The molecule has 1 saturated carbocycles. The molecule has 9 rings (SSSR count). The number of benzene rings is 2. The first-order chi connectivity index (χ1) is 29.6. The van der Waals surface area contributed by atoms with Crippen molar-refractivity contribution >= 4 is 57.3 Å². The van der Waals surface area contributed by atoms with Crippen molar-refractivity contribution in [1.29, 1.82) is 5.26 Å². The van der Waals surface area contributed by atoms with E-state index in [4.69, 9.17) is 5.10 Å². The van der Waals surface area contributed by atoms with Crippen molar-refractivity contribution in [3.8, 4) is 6.07 Å². The van der Waals surface area contributed by atoms with Gasteiger partial charge in [-0.2, -0.15) is 15.5 Å². The van der Waals surface area contributed by atoms with E-state index in [2.05, 4.69) is 15.7 Å². The summed E-state index contributed by atoms with van der Waals surface area (Å²) in [6.45, 7) is 4.51. The minimum Gasteiger partial charge on any atom is -0.386 e. The summed E-state index contributed by atoms with van der Waals surface area (Å²) in [5, 5.41) is 35.3. The van der Waals surface area contributed by atoms with Gasteiger partial charge in [-0.05, 0) is 88.4 Å². The van der Waals surface area contributed by atoms with Crippen LogP contribution in [0.5, 0.6) is 0 Å². The lowest BCUT2D eigenvalue weighted by atomic mass is 9.89. The molecule has 16 nitrogen and oxygen atoms in total. The zero-order chi connectivity index (χ0) is 43.6. The monoisotopic (exact) mass is 846 g/mol. The first-order valence-electron chi connectivity index (χ1n) is 20.8. The van der Waals surface area contributed by atoms with Crippen LogP contribution in [0.1, 0.15) is 91.5 Å². The molecule has 5 amide bonds. The minimum atomic E-state index is -1.31. The molecule has 3 N–H and O–H groups in total. The van der Waals surface area contributed by atoms with Crippen LogP contribution in [0.3, 0.4) is 0 Å². The Morgan fingerprint density at radius 3 is 2.37 bits per heavy atom. The zero-order valence-corrected chi connectivity index (χ0v) is 34.1. The molecule has 320 valence electrons. The second-order valence-electron chi connectivity index (χ2n) is 17.2. The normalized spacial score (nSPS) is 21.3. The van der Waals surface area contributed by atoms with E-state index in [1.54, 1.807) is 54.0 Å². The average Bonchev–Trinajstić information content (AvgIpc) is 3.84. The summed E-state index contributed by atoms with van der Waals surface area (Å²) < 4.78 is 33.6. The molecular formula is C44H44F2N10O6. The van der Waals surface area contributed by atoms with Gasteiger partial charge >= 0.3 is 0 Å². The third kappa shape index (κ3) is 7.50. The topological polar surface area (TPSA) is 198 Å². The molecule has 3 saturated heterocycles. The highest BCUT2D eigenvalue weighted by Gasteiger charge is 2.41. The van der Waals surface area contributed by atoms with E-state index < -0.39 is 46.8 Å². The molecular weight excluding hydrogens is 803 g/mol. The van der Waals surface area contributed by atoms with Crippen LogP contribution in [-0.4, -0.2) is 103 Å². The molecule has 4 aliphatic rings. The van der Waals surface area contributed by atoms with Crippen molar-refractivity contribution in [2.24, 2.45) is 5.92 Å². The predicted octanol–water partition coefficient (Wildman–Crippen LogP) is 4.12. The van der Waals surface area contributed by atoms with Gasteiger partial charge in [0.05, 0.1) is 52.8 Å². The maximum atomic E-state index is 15.1. The van der Waals surface area contributed by atoms with Gasteiger partial charge in [-0.1, -0.05) is 0 Å². The quantitative estimate of drug-likeness (QED) is 0.191. The molecule has 6 heterocycles. The van der Waals surface area contributed by atoms with Crippen LogP contribution in [-0.2, 0) is 24.8 Å². The molecule has 2 aromatic carbocycles. The van der Waals surface area contributed by atoms with Crippen molar-refractivity contribution in [3.05, 3.63) is 88.9 Å². The molecule has 0 bridgehead atoms. The number of halogens is 2. The van der Waals surface area contributed by atoms with Gasteiger partial charge in [0.25, 0.3) is 5.91 Å². The number of rotatable bonds is 8. The second kappa shape index (κ2) is 15.6. The smallest absolute Gasteiger partial charge is 0.274 e. The minimum absolute atomic E-state index is 0.00397. The van der Waals surface area contributed by atoms with Crippen LogP contribution < -0.4 is 15.5 Å². The number of aromatic nitrogens is 4. The number of nitrogens with zero attached hydrogens (tertiary/aromatic N) is 8. The number of fused-ring (bicyclic) bond motifs is 2. The largest absolute Gasteiger partial charge is 0.386 e. The lowest BCUT2D eigenvalue weighted by Gasteiger charge is -2.45. The number of carbonyl (C=O) groups excluding carboxylic acids is 5. The van der Waals surface area contributed by atoms with E-state index in [0.717, 1.165) is 43.2 Å². The van der Waals surface area contributed by atoms with Gasteiger partial charge in [-0.3, -0.25) is 34.0 Å². The predicted molar refractivity (Wildman–Crippen MR) is 220 cm³/mol. The van der Waals surface area contributed by atoms with E-state index in [1.165, 1.54) is 10.7 Å². The van der Waals surface area contributed by atoms with E-state index >= 15 is 8.78 Å². The van der Waals surface area contributed by atoms with Crippen LogP contribution in [0, 0.1) is 28.9 Å². The lowest BCUT2D eigenvalue weighted by Crippen LogP contribution is -2.60. The van der Waals surface area contributed by atoms with Crippen molar-refractivity contribution in [2.75, 3.05) is 42.9 Å². The Balaban J connectivity index is 0.793. The number of imide groups is 1. The average molecular weight is 847 g/mol. The summed E-state index contributed by atoms with van der Waals surface area (Å²) >= 11 is 0. The first kappa shape index (κ1) is 40.7. The number of nitrogens with one attached hydrogen (secondary N) is 2. The number of hydrogen-bond acceptors (Lipinski definition) is 10. The summed E-state index contributed by atoms with van der Waals surface area (Å²) in [5.74, 6) is -5.21. The molecule has 0 spiro atoms. The van der Waals surface area contributed by atoms with Gasteiger partial charge in [0.15, 0.2) is 0 Å². The number of anilines is 2. The molecule has 62 heavy (non-hydrogen) atoms. The standard InChI is InChI=1S/C44H44F2N10O6/c1-44(2,62)32-17-35-25(14-36(32)49-42(60)37-9-7-29-13-24(18-47)19-48-56(29)37)22-55(51-35)28-5-3-27(4-6-28)54-12-11-52(23-39(54)58)43(61)26-20-53(21-26)30-15-33(45)40(34(46)16-30)31-8-10-38(57)50-41(31)59/h7,9,13-17,19,22,26-28,31,62H,3-6,8,10-12,20-21,23H2,1-2H3,(H,49,60)(H,50,57,59)/t27-,28-,31-/m1/s1. The molecule has 3 aromatic heterocycles. The van der Waals surface area contributed by atoms with Gasteiger partial charge < -0.3 is 25.1 Å². The van der Waals surface area contributed by atoms with Crippen molar-refractivity contribution in [2.45, 2.75) is 76.0 Å². The lowest BCUT2D eigenvalue weighted by molar-refractivity contribution is -0.150. The van der Waals surface area contributed by atoms with Crippen LogP contribution in [0.2, 0.25) is 0 Å². The molecule has 0 radical (unpaired) electrons. The fourth-order valence-electron chi connectivity index (χ4n) is 9.36. The van der Waals surface area contributed by atoms with Crippen LogP contribution in [0.25, 0.3) is 16.4 Å². The highest BCUT2D eigenvalue weighted by Crippen LogP contribution is 2.37. The zero-order valence-electron chi connectivity index (χ0n) is 34.1. The van der Waals surface area contributed by atoms with E-state index in [0.29, 0.717) is 40.9 Å². The van der Waals surface area contributed by atoms with Crippen LogP contribution in [0.4, 0.5) is 20.2 Å². The Kier molecular flexibility index (Phi) is 10.2. The third-order valence-corrected chi connectivity index (χ3v) is 12.7. The van der Waals surface area contributed by atoms with Crippen LogP contribution in [0.15, 0.2) is 54.9 Å². The maximum Gasteiger partial charge on any atom is 0.274 e.